The fraction of sp³-hybridized carbons (Fsp3) is 0.733. The maximum atomic E-state index is 3.42. The van der Waals surface area contributed by atoms with Crippen molar-refractivity contribution in [3.63, 3.8) is 0 Å². The summed E-state index contributed by atoms with van der Waals surface area (Å²) in [6, 6.07) is 4.21. The number of nitrogens with one attached hydrogen (secondary N) is 1. The number of rotatable bonds is 10. The first-order valence-electron chi connectivity index (χ1n) is 7.22. The predicted octanol–water partition coefficient (Wildman–Crippen LogP) is 4.48. The third-order valence-corrected chi connectivity index (χ3v) is 3.27. The van der Waals surface area contributed by atoms with Crippen molar-refractivity contribution in [3.05, 3.63) is 24.0 Å². The van der Waals surface area contributed by atoms with Gasteiger partial charge >= 0.3 is 0 Å². The fourth-order valence-electron chi connectivity index (χ4n) is 2.10. The summed E-state index contributed by atoms with van der Waals surface area (Å²) in [4.78, 5) is 0. The number of hydrogen-bond donors (Lipinski definition) is 1. The Hall–Kier alpha value is -0.920. The van der Waals surface area contributed by atoms with Crippen LogP contribution in [0, 0.1) is 6.92 Å². The van der Waals surface area contributed by atoms with Crippen LogP contribution in [-0.2, 0) is 0 Å². The zero-order valence-electron chi connectivity index (χ0n) is 11.5. The molecule has 0 aliphatic carbocycles. The molecule has 0 saturated carbocycles. The van der Waals surface area contributed by atoms with Gasteiger partial charge in [-0.25, -0.2) is 0 Å². The molecule has 1 aromatic heterocycles. The van der Waals surface area contributed by atoms with E-state index in [0.29, 0.717) is 0 Å². The van der Waals surface area contributed by atoms with Gasteiger partial charge in [-0.3, -0.25) is 4.68 Å². The molecule has 2 heteroatoms. The van der Waals surface area contributed by atoms with Crippen LogP contribution in [0.3, 0.4) is 0 Å². The topological polar surface area (TPSA) is 17.0 Å². The number of nitrogens with zero attached hydrogens (tertiary/aromatic N) is 1. The van der Waals surface area contributed by atoms with Gasteiger partial charge in [-0.15, -0.1) is 0 Å². The molecule has 0 spiro atoms. The summed E-state index contributed by atoms with van der Waals surface area (Å²) >= 11 is 0. The maximum absolute atomic E-state index is 3.42. The second kappa shape index (κ2) is 9.15. The standard InChI is InChI=1S/C15H28N2/c1-3-4-5-6-7-8-9-10-13-16-17-14-11-12-15(17)2/h11-12,14,16H,3-10,13H2,1-2H3. The Balaban J connectivity index is 1.86. The van der Waals surface area contributed by atoms with Crippen molar-refractivity contribution >= 4 is 0 Å². The fourth-order valence-corrected chi connectivity index (χ4v) is 2.10. The number of aryl methyl sites for hydroxylation is 1. The van der Waals surface area contributed by atoms with E-state index < -0.39 is 0 Å². The second-order valence-electron chi connectivity index (χ2n) is 4.90. The van der Waals surface area contributed by atoms with Gasteiger partial charge in [-0.1, -0.05) is 51.9 Å². The van der Waals surface area contributed by atoms with E-state index in [1.807, 2.05) is 0 Å². The molecule has 1 N–H and O–H groups in total. The first-order chi connectivity index (χ1) is 8.34. The van der Waals surface area contributed by atoms with Crippen molar-refractivity contribution in [1.82, 2.24) is 4.68 Å². The zero-order valence-corrected chi connectivity index (χ0v) is 11.5. The summed E-state index contributed by atoms with van der Waals surface area (Å²) in [7, 11) is 0. The number of unbranched alkanes of at least 4 members (excludes halogenated alkanes) is 7. The van der Waals surface area contributed by atoms with Crippen LogP contribution in [0.4, 0.5) is 0 Å². The van der Waals surface area contributed by atoms with E-state index in [4.69, 9.17) is 0 Å². The van der Waals surface area contributed by atoms with E-state index in [9.17, 15) is 0 Å². The molecule has 1 aromatic rings. The molecule has 0 saturated heterocycles. The lowest BCUT2D eigenvalue weighted by Crippen LogP contribution is -2.15. The predicted molar refractivity (Wildman–Crippen MR) is 76.0 cm³/mol. The SMILES string of the molecule is CCCCCCCCCCNn1cccc1C. The van der Waals surface area contributed by atoms with E-state index in [-0.39, 0.29) is 0 Å². The summed E-state index contributed by atoms with van der Waals surface area (Å²) in [5.41, 5.74) is 4.70. The monoisotopic (exact) mass is 236 g/mol. The van der Waals surface area contributed by atoms with Gasteiger partial charge in [0.2, 0.25) is 0 Å². The van der Waals surface area contributed by atoms with Gasteiger partial charge in [0.15, 0.2) is 0 Å². The lowest BCUT2D eigenvalue weighted by atomic mass is 10.1. The summed E-state index contributed by atoms with van der Waals surface area (Å²) in [5, 5.41) is 0. The van der Waals surface area contributed by atoms with E-state index >= 15 is 0 Å². The molecular formula is C15H28N2. The molecule has 0 aromatic carbocycles. The second-order valence-corrected chi connectivity index (χ2v) is 4.90. The van der Waals surface area contributed by atoms with Crippen molar-refractivity contribution in [2.24, 2.45) is 0 Å². The van der Waals surface area contributed by atoms with Crippen LogP contribution in [0.15, 0.2) is 18.3 Å². The molecule has 98 valence electrons. The van der Waals surface area contributed by atoms with E-state index in [1.165, 1.54) is 57.1 Å². The van der Waals surface area contributed by atoms with Crippen LogP contribution in [0.5, 0.6) is 0 Å². The molecule has 1 heterocycles. The first kappa shape index (κ1) is 14.1. The third kappa shape index (κ3) is 6.40. The first-order valence-corrected chi connectivity index (χ1v) is 7.22. The molecule has 0 amide bonds. The largest absolute Gasteiger partial charge is 0.326 e. The summed E-state index contributed by atoms with van der Waals surface area (Å²) < 4.78 is 2.11. The molecule has 0 aliphatic heterocycles. The molecule has 0 atom stereocenters. The molecule has 0 bridgehead atoms. The average molecular weight is 236 g/mol. The Labute approximate surface area is 106 Å². The Morgan fingerprint density at radius 2 is 1.65 bits per heavy atom. The minimum absolute atomic E-state index is 1.09. The highest BCUT2D eigenvalue weighted by atomic mass is 15.4. The molecule has 0 radical (unpaired) electrons. The van der Waals surface area contributed by atoms with Crippen LogP contribution in [0.1, 0.15) is 64.0 Å². The normalized spacial score (nSPS) is 10.7. The van der Waals surface area contributed by atoms with Gasteiger partial charge in [-0.05, 0) is 25.5 Å². The Bertz CT molecular complexity index is 278. The Morgan fingerprint density at radius 3 is 2.24 bits per heavy atom. The molecule has 1 rings (SSSR count). The summed E-state index contributed by atoms with van der Waals surface area (Å²) in [5.74, 6) is 0. The van der Waals surface area contributed by atoms with Crippen LogP contribution in [-0.4, -0.2) is 11.2 Å². The minimum atomic E-state index is 1.09. The number of aromatic nitrogens is 1. The van der Waals surface area contributed by atoms with Crippen molar-refractivity contribution in [3.8, 4) is 0 Å². The average Bonchev–Trinajstić information content (AvgIpc) is 2.73. The van der Waals surface area contributed by atoms with E-state index in [0.717, 1.165) is 6.54 Å². The smallest absolute Gasteiger partial charge is 0.0363 e. The summed E-state index contributed by atoms with van der Waals surface area (Å²) in [6.07, 6.45) is 13.2. The van der Waals surface area contributed by atoms with Crippen LogP contribution >= 0.6 is 0 Å². The van der Waals surface area contributed by atoms with Crippen molar-refractivity contribution < 1.29 is 0 Å². The van der Waals surface area contributed by atoms with Crippen LogP contribution < -0.4 is 5.43 Å². The molecule has 2 nitrogen and oxygen atoms in total. The van der Waals surface area contributed by atoms with Crippen LogP contribution in [0.25, 0.3) is 0 Å². The van der Waals surface area contributed by atoms with Gasteiger partial charge < -0.3 is 5.43 Å². The molecular weight excluding hydrogens is 208 g/mol. The van der Waals surface area contributed by atoms with Crippen molar-refractivity contribution in [2.75, 3.05) is 12.0 Å². The molecule has 0 aliphatic rings. The highest BCUT2D eigenvalue weighted by Crippen LogP contribution is 2.08. The highest BCUT2D eigenvalue weighted by molar-refractivity contribution is 5.06. The summed E-state index contributed by atoms with van der Waals surface area (Å²) in [6.45, 7) is 5.49. The maximum Gasteiger partial charge on any atom is 0.0363 e. The lowest BCUT2D eigenvalue weighted by Gasteiger charge is -2.09. The molecule has 0 fully saturated rings. The van der Waals surface area contributed by atoms with Crippen molar-refractivity contribution in [2.45, 2.75) is 65.2 Å². The number of hydrogen-bond acceptors (Lipinski definition) is 1. The van der Waals surface area contributed by atoms with Gasteiger partial charge in [0.1, 0.15) is 0 Å². The van der Waals surface area contributed by atoms with Gasteiger partial charge in [-0.2, -0.15) is 0 Å². The third-order valence-electron chi connectivity index (χ3n) is 3.27. The van der Waals surface area contributed by atoms with Crippen molar-refractivity contribution in [1.29, 1.82) is 0 Å². The molecule has 17 heavy (non-hydrogen) atoms. The minimum Gasteiger partial charge on any atom is -0.326 e. The van der Waals surface area contributed by atoms with Gasteiger partial charge in [0.05, 0.1) is 0 Å². The zero-order chi connectivity index (χ0) is 12.3. The van der Waals surface area contributed by atoms with Gasteiger partial charge in [0.25, 0.3) is 0 Å². The lowest BCUT2D eigenvalue weighted by molar-refractivity contribution is 0.576. The Kier molecular flexibility index (Phi) is 7.61. The van der Waals surface area contributed by atoms with E-state index in [1.54, 1.807) is 0 Å². The van der Waals surface area contributed by atoms with E-state index in [2.05, 4.69) is 42.3 Å². The quantitative estimate of drug-likeness (QED) is 0.593. The van der Waals surface area contributed by atoms with Gasteiger partial charge in [0, 0.05) is 18.4 Å². The van der Waals surface area contributed by atoms with Crippen LogP contribution in [0.2, 0.25) is 0 Å². The Morgan fingerprint density at radius 1 is 1.00 bits per heavy atom. The molecule has 0 unspecified atom stereocenters. The highest BCUT2D eigenvalue weighted by Gasteiger charge is 1.94.